The van der Waals surface area contributed by atoms with Gasteiger partial charge in [-0.1, -0.05) is 0 Å². The van der Waals surface area contributed by atoms with Crippen LogP contribution < -0.4 is 20.1 Å². The Morgan fingerprint density at radius 3 is 2.92 bits per heavy atom. The van der Waals surface area contributed by atoms with E-state index in [4.69, 9.17) is 14.2 Å². The van der Waals surface area contributed by atoms with Gasteiger partial charge in [-0.25, -0.2) is 0 Å². The van der Waals surface area contributed by atoms with Crippen molar-refractivity contribution in [2.75, 3.05) is 54.2 Å². The second kappa shape index (κ2) is 10.5. The molecule has 1 aliphatic heterocycles. The lowest BCUT2D eigenvalue weighted by atomic mass is 10.2. The molecule has 8 heteroatoms. The van der Waals surface area contributed by atoms with Crippen molar-refractivity contribution >= 4 is 21.9 Å². The van der Waals surface area contributed by atoms with E-state index in [1.54, 1.807) is 14.2 Å². The lowest BCUT2D eigenvalue weighted by molar-refractivity contribution is 0.173. The molecule has 0 aliphatic carbocycles. The number of hydrogen-bond acceptors (Lipinski definition) is 5. The summed E-state index contributed by atoms with van der Waals surface area (Å²) in [4.78, 5) is 6.53. The molecule has 0 atom stereocenters. The molecule has 1 aromatic rings. The summed E-state index contributed by atoms with van der Waals surface area (Å²) < 4.78 is 16.8. The first-order valence-corrected chi connectivity index (χ1v) is 9.13. The van der Waals surface area contributed by atoms with Crippen molar-refractivity contribution in [3.63, 3.8) is 0 Å². The van der Waals surface area contributed by atoms with Crippen LogP contribution >= 0.6 is 15.9 Å². The predicted molar refractivity (Wildman–Crippen MR) is 102 cm³/mol. The van der Waals surface area contributed by atoms with E-state index < -0.39 is 0 Å². The maximum atomic E-state index is 5.44. The van der Waals surface area contributed by atoms with Crippen molar-refractivity contribution in [3.8, 4) is 11.5 Å². The lowest BCUT2D eigenvalue weighted by Crippen LogP contribution is -2.40. The largest absolute Gasteiger partial charge is 0.454 e. The Hall–Kier alpha value is -1.51. The number of halogens is 1. The van der Waals surface area contributed by atoms with Gasteiger partial charge in [0.25, 0.3) is 0 Å². The molecule has 0 radical (unpaired) electrons. The van der Waals surface area contributed by atoms with Crippen molar-refractivity contribution in [1.82, 2.24) is 15.5 Å². The number of methoxy groups -OCH3 is 1. The molecule has 7 nitrogen and oxygen atoms in total. The summed E-state index contributed by atoms with van der Waals surface area (Å²) >= 11 is 3.51. The van der Waals surface area contributed by atoms with Crippen molar-refractivity contribution in [2.45, 2.75) is 13.0 Å². The minimum absolute atomic E-state index is 0.270. The number of nitrogens with zero attached hydrogens (tertiary/aromatic N) is 2. The SMILES string of the molecule is CN=C(NCCN(C)CCCOC)NCc1cc(Br)c2c(c1)OCO2. The summed E-state index contributed by atoms with van der Waals surface area (Å²) in [6.45, 7) is 4.51. The second-order valence-electron chi connectivity index (χ2n) is 5.81. The molecular weight excluding hydrogens is 388 g/mol. The number of aliphatic imine (C=N–C) groups is 1. The van der Waals surface area contributed by atoms with E-state index in [0.717, 1.165) is 60.2 Å². The van der Waals surface area contributed by atoms with E-state index in [1.165, 1.54) is 0 Å². The molecule has 140 valence electrons. The zero-order valence-electron chi connectivity index (χ0n) is 15.1. The van der Waals surface area contributed by atoms with Gasteiger partial charge in [-0.3, -0.25) is 4.99 Å². The molecule has 0 bridgehead atoms. The van der Waals surface area contributed by atoms with Crippen LogP contribution in [0.2, 0.25) is 0 Å². The Balaban J connectivity index is 1.73. The molecule has 1 heterocycles. The monoisotopic (exact) mass is 414 g/mol. The molecule has 2 rings (SSSR count). The topological polar surface area (TPSA) is 67.4 Å². The zero-order valence-corrected chi connectivity index (χ0v) is 16.7. The van der Waals surface area contributed by atoms with E-state index in [2.05, 4.69) is 43.5 Å². The van der Waals surface area contributed by atoms with Gasteiger partial charge in [0, 0.05) is 46.9 Å². The number of ether oxygens (including phenoxy) is 3. The second-order valence-corrected chi connectivity index (χ2v) is 6.67. The van der Waals surface area contributed by atoms with Gasteiger partial charge in [0.05, 0.1) is 4.47 Å². The molecule has 0 fully saturated rings. The van der Waals surface area contributed by atoms with E-state index >= 15 is 0 Å². The standard InChI is InChI=1S/C17H27BrN4O3/c1-19-17(20-5-7-22(2)6-4-8-23-3)21-11-13-9-14(18)16-15(10-13)24-12-25-16/h9-10H,4-8,11-12H2,1-3H3,(H2,19,20,21). The molecule has 1 aromatic carbocycles. The Kier molecular flexibility index (Phi) is 8.30. The number of nitrogens with one attached hydrogen (secondary N) is 2. The summed E-state index contributed by atoms with van der Waals surface area (Å²) in [6.07, 6.45) is 1.04. The number of hydrogen-bond donors (Lipinski definition) is 2. The Morgan fingerprint density at radius 1 is 1.32 bits per heavy atom. The lowest BCUT2D eigenvalue weighted by Gasteiger charge is -2.18. The van der Waals surface area contributed by atoms with Crippen LogP contribution in [0.15, 0.2) is 21.6 Å². The number of guanidine groups is 1. The summed E-state index contributed by atoms with van der Waals surface area (Å²) in [6, 6.07) is 4.01. The minimum atomic E-state index is 0.270. The van der Waals surface area contributed by atoms with Gasteiger partial charge in [0.1, 0.15) is 0 Å². The molecule has 25 heavy (non-hydrogen) atoms. The summed E-state index contributed by atoms with van der Waals surface area (Å²) in [7, 11) is 5.61. The average Bonchev–Trinajstić information content (AvgIpc) is 3.07. The molecule has 2 N–H and O–H groups in total. The maximum Gasteiger partial charge on any atom is 0.231 e. The highest BCUT2D eigenvalue weighted by atomic mass is 79.9. The Bertz CT molecular complexity index is 583. The fourth-order valence-corrected chi connectivity index (χ4v) is 3.09. The molecular formula is C17H27BrN4O3. The predicted octanol–water partition coefficient (Wildman–Crippen LogP) is 1.81. The van der Waals surface area contributed by atoms with Gasteiger partial charge in [-0.05, 0) is 47.1 Å². The first kappa shape index (κ1) is 19.8. The molecule has 0 unspecified atom stereocenters. The first-order valence-electron chi connectivity index (χ1n) is 8.34. The highest BCUT2D eigenvalue weighted by Gasteiger charge is 2.17. The fourth-order valence-electron chi connectivity index (χ4n) is 2.49. The highest BCUT2D eigenvalue weighted by Crippen LogP contribution is 2.39. The van der Waals surface area contributed by atoms with Crippen LogP contribution in [0.1, 0.15) is 12.0 Å². The van der Waals surface area contributed by atoms with E-state index in [0.29, 0.717) is 6.54 Å². The van der Waals surface area contributed by atoms with Crippen LogP contribution in [0.4, 0.5) is 0 Å². The van der Waals surface area contributed by atoms with Crippen molar-refractivity contribution in [2.24, 2.45) is 4.99 Å². The van der Waals surface area contributed by atoms with Gasteiger partial charge in [0.15, 0.2) is 17.5 Å². The van der Waals surface area contributed by atoms with Crippen LogP contribution in [-0.2, 0) is 11.3 Å². The van der Waals surface area contributed by atoms with Crippen LogP contribution in [0.3, 0.4) is 0 Å². The number of likely N-dealkylation sites (N-methyl/N-ethyl adjacent to an activating group) is 1. The summed E-state index contributed by atoms with van der Waals surface area (Å²) in [5.41, 5.74) is 1.09. The number of rotatable bonds is 9. The third kappa shape index (κ3) is 6.37. The molecule has 0 saturated carbocycles. The molecule has 0 aromatic heterocycles. The summed E-state index contributed by atoms with van der Waals surface area (Å²) in [5.74, 6) is 2.31. The third-order valence-corrected chi connectivity index (χ3v) is 4.43. The number of fused-ring (bicyclic) bond motifs is 1. The van der Waals surface area contributed by atoms with Crippen LogP contribution in [0.5, 0.6) is 11.5 Å². The first-order chi connectivity index (χ1) is 12.1. The van der Waals surface area contributed by atoms with E-state index in [9.17, 15) is 0 Å². The smallest absolute Gasteiger partial charge is 0.231 e. The Labute approximate surface area is 157 Å². The van der Waals surface area contributed by atoms with Crippen LogP contribution in [0.25, 0.3) is 0 Å². The molecule has 0 saturated heterocycles. The zero-order chi connectivity index (χ0) is 18.1. The van der Waals surface area contributed by atoms with Gasteiger partial charge in [0.2, 0.25) is 6.79 Å². The highest BCUT2D eigenvalue weighted by molar-refractivity contribution is 9.10. The van der Waals surface area contributed by atoms with Crippen molar-refractivity contribution < 1.29 is 14.2 Å². The van der Waals surface area contributed by atoms with E-state index in [1.807, 2.05) is 12.1 Å². The Morgan fingerprint density at radius 2 is 2.16 bits per heavy atom. The number of benzene rings is 1. The summed E-state index contributed by atoms with van der Waals surface area (Å²) in [5, 5.41) is 6.64. The normalized spacial score (nSPS) is 13.4. The quantitative estimate of drug-likeness (QED) is 0.364. The van der Waals surface area contributed by atoms with Crippen molar-refractivity contribution in [3.05, 3.63) is 22.2 Å². The minimum Gasteiger partial charge on any atom is -0.454 e. The van der Waals surface area contributed by atoms with Crippen LogP contribution in [0, 0.1) is 0 Å². The van der Waals surface area contributed by atoms with Gasteiger partial charge in [-0.15, -0.1) is 0 Å². The average molecular weight is 415 g/mol. The molecule has 1 aliphatic rings. The van der Waals surface area contributed by atoms with Crippen molar-refractivity contribution in [1.29, 1.82) is 0 Å². The van der Waals surface area contributed by atoms with Gasteiger partial charge in [-0.2, -0.15) is 0 Å². The molecule has 0 amide bonds. The van der Waals surface area contributed by atoms with E-state index in [-0.39, 0.29) is 6.79 Å². The van der Waals surface area contributed by atoms with Gasteiger partial charge >= 0.3 is 0 Å². The third-order valence-electron chi connectivity index (χ3n) is 3.84. The fraction of sp³-hybridized carbons (Fsp3) is 0.588. The van der Waals surface area contributed by atoms with Crippen LogP contribution in [-0.4, -0.2) is 65.1 Å². The maximum absolute atomic E-state index is 5.44. The van der Waals surface area contributed by atoms with Gasteiger partial charge < -0.3 is 29.7 Å². The molecule has 0 spiro atoms.